The van der Waals surface area contributed by atoms with Crippen molar-refractivity contribution in [2.75, 3.05) is 12.3 Å². The third-order valence-electron chi connectivity index (χ3n) is 1.45. The summed E-state index contributed by atoms with van der Waals surface area (Å²) in [6, 6.07) is 2.75. The number of hydrogen-bond acceptors (Lipinski definition) is 3. The second-order valence-corrected chi connectivity index (χ2v) is 2.72. The molecule has 0 unspecified atom stereocenters. The van der Waals surface area contributed by atoms with Gasteiger partial charge in [0, 0.05) is 0 Å². The maximum atomic E-state index is 11.8. The predicted octanol–water partition coefficient (Wildman–Crippen LogP) is 1.91. The van der Waals surface area contributed by atoms with Gasteiger partial charge in [-0.05, 0) is 19.1 Å². The fourth-order valence-corrected chi connectivity index (χ4v) is 0.880. The number of pyridine rings is 1. The average molecular weight is 206 g/mol. The molecule has 0 bridgehead atoms. The zero-order chi connectivity index (χ0) is 10.8. The first-order chi connectivity index (χ1) is 6.38. The van der Waals surface area contributed by atoms with Gasteiger partial charge in [0.1, 0.15) is 11.6 Å². The molecule has 1 heterocycles. The van der Waals surface area contributed by atoms with Gasteiger partial charge in [-0.1, -0.05) is 0 Å². The number of nitrogen functional groups attached to an aromatic ring is 1. The van der Waals surface area contributed by atoms with Gasteiger partial charge in [-0.25, -0.2) is 4.98 Å². The van der Waals surface area contributed by atoms with Gasteiger partial charge in [0.25, 0.3) is 0 Å². The van der Waals surface area contributed by atoms with Crippen molar-refractivity contribution in [3.63, 3.8) is 0 Å². The summed E-state index contributed by atoms with van der Waals surface area (Å²) in [7, 11) is 0. The maximum Gasteiger partial charge on any atom is 0.422 e. The van der Waals surface area contributed by atoms with E-state index in [-0.39, 0.29) is 11.6 Å². The summed E-state index contributed by atoms with van der Waals surface area (Å²) in [5, 5.41) is 0. The van der Waals surface area contributed by atoms with Crippen LogP contribution in [-0.4, -0.2) is 17.8 Å². The molecule has 1 aromatic heterocycles. The number of anilines is 1. The Hall–Kier alpha value is -1.46. The molecule has 0 aliphatic rings. The quantitative estimate of drug-likeness (QED) is 0.804. The standard InChI is InChI=1S/C8H9F3N2O/c1-5-6(2-3-7(12)13-5)14-4-8(9,10)11/h2-3H,4H2,1H3,(H2,12,13). The van der Waals surface area contributed by atoms with Gasteiger partial charge < -0.3 is 10.5 Å². The second-order valence-electron chi connectivity index (χ2n) is 2.72. The molecule has 6 heteroatoms. The van der Waals surface area contributed by atoms with Crippen molar-refractivity contribution in [3.8, 4) is 5.75 Å². The Labute approximate surface area is 78.7 Å². The monoisotopic (exact) mass is 206 g/mol. The van der Waals surface area contributed by atoms with E-state index >= 15 is 0 Å². The van der Waals surface area contributed by atoms with Crippen molar-refractivity contribution in [2.24, 2.45) is 0 Å². The highest BCUT2D eigenvalue weighted by Gasteiger charge is 2.28. The molecular weight excluding hydrogens is 197 g/mol. The lowest BCUT2D eigenvalue weighted by molar-refractivity contribution is -0.153. The van der Waals surface area contributed by atoms with Crippen LogP contribution in [0.3, 0.4) is 0 Å². The zero-order valence-corrected chi connectivity index (χ0v) is 7.43. The largest absolute Gasteiger partial charge is 0.482 e. The van der Waals surface area contributed by atoms with Crippen LogP contribution in [0.25, 0.3) is 0 Å². The lowest BCUT2D eigenvalue weighted by atomic mass is 10.3. The van der Waals surface area contributed by atoms with E-state index in [0.717, 1.165) is 0 Å². The number of nitrogens with two attached hydrogens (primary N) is 1. The fourth-order valence-electron chi connectivity index (χ4n) is 0.880. The van der Waals surface area contributed by atoms with Crippen LogP contribution in [0.1, 0.15) is 5.69 Å². The molecular formula is C8H9F3N2O. The SMILES string of the molecule is Cc1nc(N)ccc1OCC(F)(F)F. The highest BCUT2D eigenvalue weighted by atomic mass is 19.4. The van der Waals surface area contributed by atoms with Gasteiger partial charge in [0.15, 0.2) is 6.61 Å². The van der Waals surface area contributed by atoms with E-state index < -0.39 is 12.8 Å². The molecule has 3 nitrogen and oxygen atoms in total. The number of nitrogens with zero attached hydrogens (tertiary/aromatic N) is 1. The van der Waals surface area contributed by atoms with E-state index in [2.05, 4.69) is 9.72 Å². The molecule has 0 aromatic carbocycles. The zero-order valence-electron chi connectivity index (χ0n) is 7.43. The van der Waals surface area contributed by atoms with Crippen LogP contribution in [0, 0.1) is 6.92 Å². The lowest BCUT2D eigenvalue weighted by Crippen LogP contribution is -2.19. The first kappa shape index (κ1) is 10.6. The molecule has 1 aromatic rings. The van der Waals surface area contributed by atoms with Crippen LogP contribution in [0.5, 0.6) is 5.75 Å². The van der Waals surface area contributed by atoms with Gasteiger partial charge in [0.05, 0.1) is 5.69 Å². The second kappa shape index (κ2) is 3.73. The molecule has 0 saturated heterocycles. The lowest BCUT2D eigenvalue weighted by Gasteiger charge is -2.10. The van der Waals surface area contributed by atoms with Crippen LogP contribution >= 0.6 is 0 Å². The van der Waals surface area contributed by atoms with Gasteiger partial charge in [-0.2, -0.15) is 13.2 Å². The number of aromatic nitrogens is 1. The Kier molecular flexibility index (Phi) is 2.83. The molecule has 0 aliphatic heterocycles. The van der Waals surface area contributed by atoms with Crippen molar-refractivity contribution < 1.29 is 17.9 Å². The molecule has 0 spiro atoms. The van der Waals surface area contributed by atoms with Crippen molar-refractivity contribution in [3.05, 3.63) is 17.8 Å². The summed E-state index contributed by atoms with van der Waals surface area (Å²) in [4.78, 5) is 3.76. The Morgan fingerprint density at radius 3 is 2.57 bits per heavy atom. The Morgan fingerprint density at radius 1 is 1.43 bits per heavy atom. The molecule has 0 radical (unpaired) electrons. The Balaban J connectivity index is 2.68. The molecule has 14 heavy (non-hydrogen) atoms. The summed E-state index contributed by atoms with van der Waals surface area (Å²) in [6.45, 7) is 0.210. The number of halogens is 3. The molecule has 0 aliphatic carbocycles. The number of aryl methyl sites for hydroxylation is 1. The molecule has 1 rings (SSSR count). The highest BCUT2D eigenvalue weighted by Crippen LogP contribution is 2.21. The van der Waals surface area contributed by atoms with E-state index in [1.54, 1.807) is 0 Å². The van der Waals surface area contributed by atoms with Gasteiger partial charge in [-0.15, -0.1) is 0 Å². The molecule has 0 saturated carbocycles. The van der Waals surface area contributed by atoms with E-state index in [0.29, 0.717) is 5.69 Å². The van der Waals surface area contributed by atoms with Gasteiger partial charge in [-0.3, -0.25) is 0 Å². The van der Waals surface area contributed by atoms with Crippen molar-refractivity contribution in [1.29, 1.82) is 0 Å². The van der Waals surface area contributed by atoms with Crippen LogP contribution in [0.2, 0.25) is 0 Å². The van der Waals surface area contributed by atoms with Gasteiger partial charge in [0.2, 0.25) is 0 Å². The fraction of sp³-hybridized carbons (Fsp3) is 0.375. The Morgan fingerprint density at radius 2 is 2.07 bits per heavy atom. The van der Waals surface area contributed by atoms with Crippen molar-refractivity contribution in [1.82, 2.24) is 4.98 Å². The van der Waals surface area contributed by atoms with Crippen LogP contribution in [0.15, 0.2) is 12.1 Å². The minimum absolute atomic E-state index is 0.0940. The predicted molar refractivity (Wildman–Crippen MR) is 44.9 cm³/mol. The number of hydrogen-bond donors (Lipinski definition) is 1. The molecule has 2 N–H and O–H groups in total. The normalized spacial score (nSPS) is 11.4. The topological polar surface area (TPSA) is 48.1 Å². The highest BCUT2D eigenvalue weighted by molar-refractivity contribution is 5.37. The summed E-state index contributed by atoms with van der Waals surface area (Å²) in [6.07, 6.45) is -4.34. The van der Waals surface area contributed by atoms with E-state index in [4.69, 9.17) is 5.73 Å². The van der Waals surface area contributed by atoms with Crippen molar-refractivity contribution in [2.45, 2.75) is 13.1 Å². The van der Waals surface area contributed by atoms with Gasteiger partial charge >= 0.3 is 6.18 Å². The summed E-state index contributed by atoms with van der Waals surface area (Å²) < 4.78 is 39.9. The Bertz CT molecular complexity index is 325. The van der Waals surface area contributed by atoms with Crippen LogP contribution < -0.4 is 10.5 Å². The first-order valence-electron chi connectivity index (χ1n) is 3.81. The van der Waals surface area contributed by atoms with Crippen molar-refractivity contribution >= 4 is 5.82 Å². The minimum Gasteiger partial charge on any atom is -0.482 e. The first-order valence-corrected chi connectivity index (χ1v) is 3.81. The maximum absolute atomic E-state index is 11.8. The smallest absolute Gasteiger partial charge is 0.422 e. The number of rotatable bonds is 2. The average Bonchev–Trinajstić information content (AvgIpc) is 2.00. The summed E-state index contributed by atoms with van der Waals surface area (Å²) in [5.74, 6) is 0.346. The molecule has 0 fully saturated rings. The number of alkyl halides is 3. The minimum atomic E-state index is -4.34. The molecule has 78 valence electrons. The van der Waals surface area contributed by atoms with Crippen LogP contribution in [0.4, 0.5) is 19.0 Å². The summed E-state index contributed by atoms with van der Waals surface area (Å²) in [5.41, 5.74) is 5.66. The molecule has 0 atom stereocenters. The summed E-state index contributed by atoms with van der Waals surface area (Å²) >= 11 is 0. The van der Waals surface area contributed by atoms with E-state index in [9.17, 15) is 13.2 Å². The third kappa shape index (κ3) is 3.12. The van der Waals surface area contributed by atoms with Crippen LogP contribution in [-0.2, 0) is 0 Å². The molecule has 0 amide bonds. The number of ether oxygens (including phenoxy) is 1. The third-order valence-corrected chi connectivity index (χ3v) is 1.45. The van der Waals surface area contributed by atoms with E-state index in [1.165, 1.54) is 19.1 Å². The van der Waals surface area contributed by atoms with E-state index in [1.807, 2.05) is 0 Å².